The monoisotopic (exact) mass is 147 g/mol. The van der Waals surface area contributed by atoms with Crippen LogP contribution in [0.2, 0.25) is 0 Å². The first-order valence-corrected chi connectivity index (χ1v) is 3.46. The van der Waals surface area contributed by atoms with E-state index in [0.717, 1.165) is 12.8 Å². The molecule has 0 aromatic heterocycles. The number of aliphatic hydroxyl groups excluding tert-OH is 1. The van der Waals surface area contributed by atoms with Crippen molar-refractivity contribution in [2.24, 2.45) is 0 Å². The maximum Gasteiger partial charge on any atom is 0.235 e. The third-order valence-electron chi connectivity index (χ3n) is 1.40. The van der Waals surface area contributed by atoms with Gasteiger partial charge in [0.25, 0.3) is 0 Å². The minimum absolute atomic E-state index is 0.340. The van der Waals surface area contributed by atoms with Gasteiger partial charge in [-0.05, 0) is 6.42 Å². The number of unbranched alkanes of at least 4 members (excludes halogenated alkanes) is 1. The van der Waals surface area contributed by atoms with Crippen molar-refractivity contribution in [3.05, 3.63) is 10.1 Å². The van der Waals surface area contributed by atoms with Crippen molar-refractivity contribution in [2.45, 2.75) is 32.2 Å². The minimum Gasteiger partial charge on any atom is -0.389 e. The molecule has 1 atom stereocenters. The highest BCUT2D eigenvalue weighted by Gasteiger charge is 2.16. The van der Waals surface area contributed by atoms with E-state index in [1.165, 1.54) is 0 Å². The Balaban J connectivity index is 3.50. The Hall–Kier alpha value is -0.640. The van der Waals surface area contributed by atoms with Gasteiger partial charge in [-0.3, -0.25) is 10.1 Å². The summed E-state index contributed by atoms with van der Waals surface area (Å²) in [6, 6.07) is -0.750. The first-order chi connectivity index (χ1) is 4.72. The molecule has 60 valence electrons. The van der Waals surface area contributed by atoms with Gasteiger partial charge in [-0.15, -0.1) is 0 Å². The summed E-state index contributed by atoms with van der Waals surface area (Å²) in [5.74, 6) is 0. The number of rotatable bonds is 5. The predicted octanol–water partition coefficient (Wildman–Crippen LogP) is 0.814. The molecular formula is C6H13NO3. The topological polar surface area (TPSA) is 63.4 Å². The van der Waals surface area contributed by atoms with E-state index < -0.39 is 11.0 Å². The molecule has 1 unspecified atom stereocenters. The lowest BCUT2D eigenvalue weighted by molar-refractivity contribution is -0.526. The van der Waals surface area contributed by atoms with E-state index >= 15 is 0 Å². The van der Waals surface area contributed by atoms with E-state index in [4.69, 9.17) is 5.11 Å². The Labute approximate surface area is 60.0 Å². The van der Waals surface area contributed by atoms with Crippen LogP contribution in [0.15, 0.2) is 0 Å². The van der Waals surface area contributed by atoms with Crippen molar-refractivity contribution in [3.8, 4) is 0 Å². The van der Waals surface area contributed by atoms with Crippen LogP contribution in [0.5, 0.6) is 0 Å². The van der Waals surface area contributed by atoms with E-state index in [2.05, 4.69) is 0 Å². The van der Waals surface area contributed by atoms with Crippen molar-refractivity contribution in [2.75, 3.05) is 6.61 Å². The summed E-state index contributed by atoms with van der Waals surface area (Å²) in [7, 11) is 0. The molecule has 0 spiro atoms. The first kappa shape index (κ1) is 9.36. The zero-order valence-corrected chi connectivity index (χ0v) is 6.12. The maximum atomic E-state index is 10.1. The molecule has 0 bridgehead atoms. The zero-order valence-electron chi connectivity index (χ0n) is 6.12. The van der Waals surface area contributed by atoms with Crippen LogP contribution in [0, 0.1) is 10.1 Å². The molecule has 0 aromatic rings. The van der Waals surface area contributed by atoms with Gasteiger partial charge in [0, 0.05) is 11.3 Å². The lowest BCUT2D eigenvalue weighted by Crippen LogP contribution is -2.23. The highest BCUT2D eigenvalue weighted by molar-refractivity contribution is 4.52. The molecule has 0 aromatic carbocycles. The molecule has 0 rings (SSSR count). The summed E-state index contributed by atoms with van der Waals surface area (Å²) in [4.78, 5) is 9.66. The summed E-state index contributed by atoms with van der Waals surface area (Å²) in [5.41, 5.74) is 0. The first-order valence-electron chi connectivity index (χ1n) is 3.46. The summed E-state index contributed by atoms with van der Waals surface area (Å²) in [6.07, 6.45) is 2.23. The van der Waals surface area contributed by atoms with Gasteiger partial charge in [0.15, 0.2) is 0 Å². The number of hydrogen-bond donors (Lipinski definition) is 1. The SMILES string of the molecule is CCCCC(CO)[N+](=O)[O-]. The second kappa shape index (κ2) is 5.17. The largest absolute Gasteiger partial charge is 0.389 e. The molecule has 10 heavy (non-hydrogen) atoms. The van der Waals surface area contributed by atoms with E-state index in [9.17, 15) is 10.1 Å². The van der Waals surface area contributed by atoms with Crippen molar-refractivity contribution in [1.29, 1.82) is 0 Å². The summed E-state index contributed by atoms with van der Waals surface area (Å²) < 4.78 is 0. The average Bonchev–Trinajstić information content (AvgIpc) is 1.89. The molecule has 0 aliphatic rings. The summed E-state index contributed by atoms with van der Waals surface area (Å²) in [6.45, 7) is 1.63. The minimum atomic E-state index is -0.750. The molecule has 0 saturated heterocycles. The molecule has 1 N–H and O–H groups in total. The van der Waals surface area contributed by atoms with E-state index in [0.29, 0.717) is 6.42 Å². The molecule has 0 fully saturated rings. The highest BCUT2D eigenvalue weighted by atomic mass is 16.6. The van der Waals surface area contributed by atoms with Gasteiger partial charge >= 0.3 is 0 Å². The molecule has 0 amide bonds. The van der Waals surface area contributed by atoms with Crippen LogP contribution in [0.4, 0.5) is 0 Å². The maximum absolute atomic E-state index is 10.1. The predicted molar refractivity (Wildman–Crippen MR) is 37.4 cm³/mol. The molecule has 4 nitrogen and oxygen atoms in total. The Kier molecular flexibility index (Phi) is 4.84. The fourth-order valence-electron chi connectivity index (χ4n) is 0.703. The van der Waals surface area contributed by atoms with Crippen molar-refractivity contribution >= 4 is 0 Å². The Morgan fingerprint density at radius 2 is 2.30 bits per heavy atom. The Bertz CT molecular complexity index is 105. The average molecular weight is 147 g/mol. The van der Waals surface area contributed by atoms with E-state index in [1.807, 2.05) is 6.92 Å². The fraction of sp³-hybridized carbons (Fsp3) is 1.00. The molecular weight excluding hydrogens is 134 g/mol. The van der Waals surface area contributed by atoms with Crippen LogP contribution in [0.3, 0.4) is 0 Å². The Morgan fingerprint density at radius 3 is 2.60 bits per heavy atom. The van der Waals surface area contributed by atoms with Gasteiger partial charge in [-0.25, -0.2) is 0 Å². The standard InChI is InChI=1S/C6H13NO3/c1-2-3-4-6(5-8)7(9)10/h6,8H,2-5H2,1H3. The second-order valence-corrected chi connectivity index (χ2v) is 2.26. The van der Waals surface area contributed by atoms with Crippen LogP contribution in [-0.4, -0.2) is 22.7 Å². The fourth-order valence-corrected chi connectivity index (χ4v) is 0.703. The van der Waals surface area contributed by atoms with E-state index in [1.54, 1.807) is 0 Å². The summed E-state index contributed by atoms with van der Waals surface area (Å²) >= 11 is 0. The Morgan fingerprint density at radius 1 is 1.70 bits per heavy atom. The third kappa shape index (κ3) is 3.40. The van der Waals surface area contributed by atoms with Gasteiger partial charge in [0.2, 0.25) is 6.04 Å². The van der Waals surface area contributed by atoms with Gasteiger partial charge in [0.05, 0.1) is 0 Å². The van der Waals surface area contributed by atoms with Crippen LogP contribution in [-0.2, 0) is 0 Å². The molecule has 0 radical (unpaired) electrons. The van der Waals surface area contributed by atoms with E-state index in [-0.39, 0.29) is 6.61 Å². The number of nitro groups is 1. The molecule has 0 aliphatic carbocycles. The van der Waals surface area contributed by atoms with Gasteiger partial charge in [0.1, 0.15) is 6.61 Å². The quantitative estimate of drug-likeness (QED) is 0.462. The molecule has 0 saturated carbocycles. The molecule has 4 heteroatoms. The van der Waals surface area contributed by atoms with Gasteiger partial charge in [-0.1, -0.05) is 13.3 Å². The summed E-state index contributed by atoms with van der Waals surface area (Å²) in [5, 5.41) is 18.6. The molecule has 0 aliphatic heterocycles. The zero-order chi connectivity index (χ0) is 7.98. The van der Waals surface area contributed by atoms with Crippen molar-refractivity contribution < 1.29 is 10.0 Å². The van der Waals surface area contributed by atoms with Crippen molar-refractivity contribution in [1.82, 2.24) is 0 Å². The van der Waals surface area contributed by atoms with Crippen molar-refractivity contribution in [3.63, 3.8) is 0 Å². The second-order valence-electron chi connectivity index (χ2n) is 2.26. The number of nitrogens with zero attached hydrogens (tertiary/aromatic N) is 1. The lowest BCUT2D eigenvalue weighted by atomic mass is 10.1. The normalized spacial score (nSPS) is 13.0. The number of aliphatic hydroxyl groups is 1. The lowest BCUT2D eigenvalue weighted by Gasteiger charge is -2.03. The number of hydrogen-bond acceptors (Lipinski definition) is 3. The smallest absolute Gasteiger partial charge is 0.235 e. The molecule has 0 heterocycles. The highest BCUT2D eigenvalue weighted by Crippen LogP contribution is 2.02. The van der Waals surface area contributed by atoms with Crippen LogP contribution in [0.25, 0.3) is 0 Å². The van der Waals surface area contributed by atoms with Crippen LogP contribution >= 0.6 is 0 Å². The van der Waals surface area contributed by atoms with Crippen LogP contribution < -0.4 is 0 Å². The van der Waals surface area contributed by atoms with Gasteiger partial charge in [-0.2, -0.15) is 0 Å². The van der Waals surface area contributed by atoms with Gasteiger partial charge < -0.3 is 5.11 Å². The third-order valence-corrected chi connectivity index (χ3v) is 1.40. The van der Waals surface area contributed by atoms with Crippen LogP contribution in [0.1, 0.15) is 26.2 Å².